The van der Waals surface area contributed by atoms with Crippen molar-refractivity contribution in [3.63, 3.8) is 0 Å². The van der Waals surface area contributed by atoms with Crippen molar-refractivity contribution in [3.05, 3.63) is 68.3 Å². The van der Waals surface area contributed by atoms with Crippen molar-refractivity contribution in [1.29, 1.82) is 0 Å². The molecule has 0 spiro atoms. The number of aryl methyl sites for hydroxylation is 4. The van der Waals surface area contributed by atoms with Gasteiger partial charge in [0.05, 0.1) is 28.5 Å². The Balaban J connectivity index is 1.92. The Hall–Kier alpha value is -3.49. The second-order valence-corrected chi connectivity index (χ2v) is 6.75. The molecule has 0 saturated carbocycles. The number of hydrogen-bond acceptors (Lipinski definition) is 5. The van der Waals surface area contributed by atoms with Crippen LogP contribution >= 0.6 is 0 Å². The summed E-state index contributed by atoms with van der Waals surface area (Å²) >= 11 is 0. The van der Waals surface area contributed by atoms with Gasteiger partial charge >= 0.3 is 5.69 Å². The fraction of sp³-hybridized carbons (Fsp3) is 0.316. The second-order valence-electron chi connectivity index (χ2n) is 6.75. The van der Waals surface area contributed by atoms with Gasteiger partial charge in [-0.05, 0) is 38.8 Å². The smallest absolute Gasteiger partial charge is 0.317 e. The van der Waals surface area contributed by atoms with Crippen LogP contribution < -0.4 is 5.32 Å². The molecule has 9 heteroatoms. The minimum Gasteiger partial charge on any atom is -0.317 e. The van der Waals surface area contributed by atoms with Crippen molar-refractivity contribution in [2.24, 2.45) is 7.05 Å². The number of nitrogens with zero attached hydrogens (tertiary/aromatic N) is 5. The van der Waals surface area contributed by atoms with Crippen molar-refractivity contribution < 1.29 is 9.72 Å². The highest BCUT2D eigenvalue weighted by atomic mass is 16.6. The average molecular weight is 382 g/mol. The minimum atomic E-state index is -0.587. The van der Waals surface area contributed by atoms with Gasteiger partial charge in [0.15, 0.2) is 0 Å². The van der Waals surface area contributed by atoms with E-state index in [-0.39, 0.29) is 17.1 Å². The van der Waals surface area contributed by atoms with Crippen LogP contribution in [-0.4, -0.2) is 30.4 Å². The minimum absolute atomic E-state index is 0.0899. The van der Waals surface area contributed by atoms with Gasteiger partial charge in [-0.2, -0.15) is 10.2 Å². The monoisotopic (exact) mass is 382 g/mol. The van der Waals surface area contributed by atoms with E-state index in [1.165, 1.54) is 18.7 Å². The number of benzene rings is 1. The molecule has 9 nitrogen and oxygen atoms in total. The van der Waals surface area contributed by atoms with E-state index in [1.54, 1.807) is 6.92 Å². The molecule has 1 N–H and O–H groups in total. The molecule has 0 aliphatic rings. The molecule has 2 heterocycles. The van der Waals surface area contributed by atoms with E-state index < -0.39 is 10.8 Å². The van der Waals surface area contributed by atoms with Gasteiger partial charge < -0.3 is 5.32 Å². The van der Waals surface area contributed by atoms with Crippen molar-refractivity contribution in [2.45, 2.75) is 34.2 Å². The van der Waals surface area contributed by atoms with Crippen molar-refractivity contribution in [3.8, 4) is 0 Å². The molecule has 3 aromatic rings. The molecule has 0 bridgehead atoms. The molecular formula is C19H22N6O3. The number of carbonyl (C=O) groups is 1. The summed E-state index contributed by atoms with van der Waals surface area (Å²) in [7, 11) is 1.51. The first kappa shape index (κ1) is 19.3. The van der Waals surface area contributed by atoms with Crippen LogP contribution in [-0.2, 0) is 13.6 Å². The van der Waals surface area contributed by atoms with Gasteiger partial charge in [0.2, 0.25) is 5.69 Å². The van der Waals surface area contributed by atoms with Gasteiger partial charge in [0.1, 0.15) is 5.69 Å². The van der Waals surface area contributed by atoms with Crippen LogP contribution in [0.25, 0.3) is 0 Å². The Kier molecular flexibility index (Phi) is 5.00. The fourth-order valence-electron chi connectivity index (χ4n) is 3.27. The summed E-state index contributed by atoms with van der Waals surface area (Å²) in [4.78, 5) is 23.5. The van der Waals surface area contributed by atoms with Crippen LogP contribution in [0.4, 0.5) is 11.4 Å². The second kappa shape index (κ2) is 7.26. The van der Waals surface area contributed by atoms with Gasteiger partial charge in [-0.1, -0.05) is 24.3 Å². The lowest BCUT2D eigenvalue weighted by molar-refractivity contribution is -0.385. The number of anilines is 1. The predicted molar refractivity (Wildman–Crippen MR) is 105 cm³/mol. The standard InChI is InChI=1S/C19H22N6O3/c1-11-8-6-7-9-15(11)10-24-14(4)16(12(2)22-24)20-19(26)18-17(25(27)28)13(3)21-23(18)5/h6-9H,10H2,1-5H3,(H,20,26). The number of nitro groups is 1. The van der Waals surface area contributed by atoms with E-state index in [1.807, 2.05) is 42.8 Å². The highest BCUT2D eigenvalue weighted by molar-refractivity contribution is 6.06. The first-order valence-corrected chi connectivity index (χ1v) is 8.78. The molecule has 146 valence electrons. The van der Waals surface area contributed by atoms with Gasteiger partial charge in [-0.15, -0.1) is 0 Å². The zero-order valence-corrected chi connectivity index (χ0v) is 16.5. The summed E-state index contributed by atoms with van der Waals surface area (Å²) in [5, 5.41) is 22.6. The third-order valence-electron chi connectivity index (χ3n) is 4.79. The third kappa shape index (κ3) is 3.38. The normalized spacial score (nSPS) is 10.9. The van der Waals surface area contributed by atoms with E-state index >= 15 is 0 Å². The third-order valence-corrected chi connectivity index (χ3v) is 4.79. The molecule has 0 aliphatic carbocycles. The maximum Gasteiger partial charge on any atom is 0.322 e. The summed E-state index contributed by atoms with van der Waals surface area (Å²) in [6, 6.07) is 8.02. The molecule has 3 rings (SSSR count). The van der Waals surface area contributed by atoms with Crippen LogP contribution in [0, 0.1) is 37.8 Å². The highest BCUT2D eigenvalue weighted by Gasteiger charge is 2.30. The van der Waals surface area contributed by atoms with Crippen LogP contribution in [0.15, 0.2) is 24.3 Å². The van der Waals surface area contributed by atoms with Gasteiger partial charge in [-0.25, -0.2) is 0 Å². The zero-order valence-electron chi connectivity index (χ0n) is 16.5. The van der Waals surface area contributed by atoms with Crippen molar-refractivity contribution in [1.82, 2.24) is 19.6 Å². The number of aromatic nitrogens is 4. The maximum atomic E-state index is 12.8. The van der Waals surface area contributed by atoms with Crippen LogP contribution in [0.2, 0.25) is 0 Å². The number of nitrogens with one attached hydrogen (secondary N) is 1. The van der Waals surface area contributed by atoms with Crippen molar-refractivity contribution >= 4 is 17.3 Å². The molecule has 0 fully saturated rings. The largest absolute Gasteiger partial charge is 0.322 e. The molecule has 0 radical (unpaired) electrons. The Morgan fingerprint density at radius 2 is 1.82 bits per heavy atom. The molecule has 1 amide bonds. The lowest BCUT2D eigenvalue weighted by atomic mass is 10.1. The van der Waals surface area contributed by atoms with E-state index in [0.29, 0.717) is 17.9 Å². The SMILES string of the molecule is Cc1ccccc1Cn1nc(C)c(NC(=O)c2c([N+](=O)[O-])c(C)nn2C)c1C. The lowest BCUT2D eigenvalue weighted by Gasteiger charge is -2.09. The zero-order chi connectivity index (χ0) is 20.6. The van der Waals surface area contributed by atoms with Crippen LogP contribution in [0.5, 0.6) is 0 Å². The molecule has 0 atom stereocenters. The molecule has 0 saturated heterocycles. The van der Waals surface area contributed by atoms with Crippen LogP contribution in [0.3, 0.4) is 0 Å². The quantitative estimate of drug-likeness (QED) is 0.539. The Morgan fingerprint density at radius 3 is 2.46 bits per heavy atom. The molecule has 28 heavy (non-hydrogen) atoms. The number of rotatable bonds is 5. The van der Waals surface area contributed by atoms with Crippen LogP contribution in [0.1, 0.15) is 38.7 Å². The number of amides is 1. The summed E-state index contributed by atoms with van der Waals surface area (Å²) in [5.41, 5.74) is 4.06. The Morgan fingerprint density at radius 1 is 1.14 bits per heavy atom. The average Bonchev–Trinajstić information content (AvgIpc) is 3.06. The van der Waals surface area contributed by atoms with Gasteiger partial charge in [0.25, 0.3) is 5.91 Å². The number of carbonyl (C=O) groups excluding carboxylic acids is 1. The van der Waals surface area contributed by atoms with E-state index in [2.05, 4.69) is 15.5 Å². The van der Waals surface area contributed by atoms with E-state index in [4.69, 9.17) is 0 Å². The molecule has 0 aliphatic heterocycles. The van der Waals surface area contributed by atoms with Gasteiger partial charge in [-0.3, -0.25) is 24.3 Å². The summed E-state index contributed by atoms with van der Waals surface area (Å²) in [6.45, 7) is 7.76. The van der Waals surface area contributed by atoms with Crippen molar-refractivity contribution in [2.75, 3.05) is 5.32 Å². The first-order chi connectivity index (χ1) is 13.2. The fourth-order valence-corrected chi connectivity index (χ4v) is 3.27. The first-order valence-electron chi connectivity index (χ1n) is 8.78. The molecular weight excluding hydrogens is 360 g/mol. The maximum absolute atomic E-state index is 12.8. The predicted octanol–water partition coefficient (Wildman–Crippen LogP) is 3.06. The summed E-state index contributed by atoms with van der Waals surface area (Å²) in [5.74, 6) is -0.587. The summed E-state index contributed by atoms with van der Waals surface area (Å²) < 4.78 is 3.04. The molecule has 2 aromatic heterocycles. The van der Waals surface area contributed by atoms with E-state index in [9.17, 15) is 14.9 Å². The molecule has 1 aromatic carbocycles. The Bertz CT molecular complexity index is 1080. The number of hydrogen-bond donors (Lipinski definition) is 1. The van der Waals surface area contributed by atoms with Gasteiger partial charge in [0, 0.05) is 7.05 Å². The summed E-state index contributed by atoms with van der Waals surface area (Å²) in [6.07, 6.45) is 0. The highest BCUT2D eigenvalue weighted by Crippen LogP contribution is 2.26. The topological polar surface area (TPSA) is 108 Å². The lowest BCUT2D eigenvalue weighted by Crippen LogP contribution is -2.18. The Labute approximate surface area is 162 Å². The molecule has 0 unspecified atom stereocenters. The van der Waals surface area contributed by atoms with E-state index in [0.717, 1.165) is 16.8 Å².